The van der Waals surface area contributed by atoms with Crippen LogP contribution in [0.1, 0.15) is 23.0 Å². The van der Waals surface area contributed by atoms with Crippen LogP contribution in [0.2, 0.25) is 0 Å². The molecule has 2 aromatic carbocycles. The molecule has 0 aromatic heterocycles. The largest absolute Gasteiger partial charge is 0.455 e. The highest BCUT2D eigenvalue weighted by Gasteiger charge is 2.34. The van der Waals surface area contributed by atoms with Crippen molar-refractivity contribution in [3.8, 4) is 11.1 Å². The van der Waals surface area contributed by atoms with Crippen molar-refractivity contribution in [3.63, 3.8) is 0 Å². The average Bonchev–Trinajstić information content (AvgIpc) is 3.12. The van der Waals surface area contributed by atoms with E-state index in [1.807, 2.05) is 0 Å². The van der Waals surface area contributed by atoms with Crippen molar-refractivity contribution in [2.24, 2.45) is 5.11 Å². The van der Waals surface area contributed by atoms with Crippen LogP contribution < -0.4 is 0 Å². The molecule has 5 nitrogen and oxygen atoms in total. The lowest BCUT2D eigenvalue weighted by atomic mass is 9.94. The number of rotatable bonds is 4. The van der Waals surface area contributed by atoms with E-state index in [1.165, 1.54) is 36.8 Å². The third-order valence-corrected chi connectivity index (χ3v) is 3.76. The van der Waals surface area contributed by atoms with E-state index in [4.69, 9.17) is 15.0 Å². The molecule has 1 aliphatic heterocycles. The first-order valence-electron chi connectivity index (χ1n) is 7.37. The van der Waals surface area contributed by atoms with Crippen LogP contribution in [0.4, 0.5) is 17.6 Å². The van der Waals surface area contributed by atoms with Gasteiger partial charge in [-0.1, -0.05) is 29.4 Å². The van der Waals surface area contributed by atoms with Crippen molar-refractivity contribution < 1.29 is 27.0 Å². The van der Waals surface area contributed by atoms with Crippen LogP contribution >= 0.6 is 0 Å². The minimum absolute atomic E-state index is 0.00766. The fraction of sp³-hybridized carbons (Fsp3) is 0.176. The highest BCUT2D eigenvalue weighted by atomic mass is 19.4. The minimum atomic E-state index is -4.60. The van der Waals surface area contributed by atoms with Gasteiger partial charge in [0, 0.05) is 4.91 Å². The molecule has 1 aliphatic rings. The predicted molar refractivity (Wildman–Crippen MR) is 83.7 cm³/mol. The van der Waals surface area contributed by atoms with Crippen molar-refractivity contribution in [3.05, 3.63) is 81.9 Å². The molecule has 0 fully saturated rings. The fourth-order valence-corrected chi connectivity index (χ4v) is 2.69. The molecule has 0 atom stereocenters. The molecule has 3 rings (SSSR count). The van der Waals surface area contributed by atoms with Crippen LogP contribution in [0.15, 0.2) is 54.0 Å². The van der Waals surface area contributed by atoms with Gasteiger partial charge in [-0.25, -0.2) is 4.39 Å². The Morgan fingerprint density at radius 2 is 1.81 bits per heavy atom. The monoisotopic (exact) mass is 365 g/mol. The molecule has 0 saturated heterocycles. The van der Waals surface area contributed by atoms with Crippen molar-refractivity contribution in [2.45, 2.75) is 19.0 Å². The predicted octanol–water partition coefficient (Wildman–Crippen LogP) is 5.84. The highest BCUT2D eigenvalue weighted by molar-refractivity contribution is 5.69. The first kappa shape index (κ1) is 17.6. The number of benzene rings is 2. The van der Waals surface area contributed by atoms with Gasteiger partial charge in [0.25, 0.3) is 6.29 Å². The molecule has 0 bridgehead atoms. The van der Waals surface area contributed by atoms with Gasteiger partial charge in [0.2, 0.25) is 0 Å². The van der Waals surface area contributed by atoms with Gasteiger partial charge >= 0.3 is 6.18 Å². The summed E-state index contributed by atoms with van der Waals surface area (Å²) in [5, 5.41) is 3.38. The van der Waals surface area contributed by atoms with E-state index < -0.39 is 23.8 Å². The second kappa shape index (κ2) is 6.97. The summed E-state index contributed by atoms with van der Waals surface area (Å²) in [7, 11) is 0. The molecule has 0 radical (unpaired) electrons. The second-order valence-electron chi connectivity index (χ2n) is 5.34. The normalized spacial score (nSPS) is 13.8. The van der Waals surface area contributed by atoms with E-state index in [9.17, 15) is 17.6 Å². The molecular formula is C17H11F4N3O2. The molecule has 0 unspecified atom stereocenters. The molecule has 134 valence electrons. The summed E-state index contributed by atoms with van der Waals surface area (Å²) in [5.41, 5.74) is 7.60. The SMILES string of the molecule is [N-]=[N+]=NCc1cc(-c2ccccc2C(F)(F)F)cc(F)c1C1OC=CO1. The maximum atomic E-state index is 14.7. The minimum Gasteiger partial charge on any atom is -0.455 e. The molecule has 0 saturated carbocycles. The first-order valence-corrected chi connectivity index (χ1v) is 7.37. The van der Waals surface area contributed by atoms with Gasteiger partial charge in [0.15, 0.2) is 0 Å². The lowest BCUT2D eigenvalue weighted by Crippen LogP contribution is -2.09. The number of ether oxygens (including phenoxy) is 2. The molecule has 9 heteroatoms. The molecule has 2 aromatic rings. The smallest absolute Gasteiger partial charge is 0.417 e. The second-order valence-corrected chi connectivity index (χ2v) is 5.34. The number of hydrogen-bond acceptors (Lipinski definition) is 3. The summed E-state index contributed by atoms with van der Waals surface area (Å²) in [5.74, 6) is -0.823. The van der Waals surface area contributed by atoms with Crippen molar-refractivity contribution in [1.29, 1.82) is 0 Å². The van der Waals surface area contributed by atoms with Gasteiger partial charge in [-0.3, -0.25) is 0 Å². The van der Waals surface area contributed by atoms with Crippen LogP contribution in [0.25, 0.3) is 21.6 Å². The van der Waals surface area contributed by atoms with Crippen molar-refractivity contribution >= 4 is 0 Å². The maximum absolute atomic E-state index is 14.7. The number of halogens is 4. The quantitative estimate of drug-likeness (QED) is 0.296. The summed E-state index contributed by atoms with van der Waals surface area (Å²) in [6.45, 7) is -0.270. The number of alkyl halides is 3. The van der Waals surface area contributed by atoms with Gasteiger partial charge < -0.3 is 9.47 Å². The van der Waals surface area contributed by atoms with E-state index in [2.05, 4.69) is 10.0 Å². The summed E-state index contributed by atoms with van der Waals surface area (Å²) in [4.78, 5) is 2.61. The number of hydrogen-bond donors (Lipinski definition) is 0. The number of nitrogens with zero attached hydrogens (tertiary/aromatic N) is 3. The van der Waals surface area contributed by atoms with E-state index in [-0.39, 0.29) is 28.8 Å². The van der Waals surface area contributed by atoms with Crippen LogP contribution in [0, 0.1) is 5.82 Å². The molecule has 0 aliphatic carbocycles. The van der Waals surface area contributed by atoms with E-state index in [1.54, 1.807) is 0 Å². The highest BCUT2D eigenvalue weighted by Crippen LogP contribution is 2.39. The Labute approximate surface area is 145 Å². The van der Waals surface area contributed by atoms with Crippen molar-refractivity contribution in [1.82, 2.24) is 0 Å². The van der Waals surface area contributed by atoms with Gasteiger partial charge in [0.05, 0.1) is 17.7 Å². The zero-order chi connectivity index (χ0) is 18.7. The Bertz CT molecular complexity index is 897. The molecule has 26 heavy (non-hydrogen) atoms. The van der Waals surface area contributed by atoms with Gasteiger partial charge in [0.1, 0.15) is 18.3 Å². The Kier molecular flexibility index (Phi) is 4.73. The van der Waals surface area contributed by atoms with Crippen LogP contribution in [-0.2, 0) is 22.2 Å². The fourth-order valence-electron chi connectivity index (χ4n) is 2.69. The molecule has 0 spiro atoms. The molecule has 1 heterocycles. The summed E-state index contributed by atoms with van der Waals surface area (Å²) in [6, 6.07) is 7.16. The third kappa shape index (κ3) is 3.43. The van der Waals surface area contributed by atoms with E-state index in [0.29, 0.717) is 0 Å². The Morgan fingerprint density at radius 1 is 1.12 bits per heavy atom. The average molecular weight is 365 g/mol. The van der Waals surface area contributed by atoms with Gasteiger partial charge in [-0.2, -0.15) is 13.2 Å². The first-order chi connectivity index (χ1) is 12.4. The Morgan fingerprint density at radius 3 is 2.46 bits per heavy atom. The van der Waals surface area contributed by atoms with Gasteiger partial charge in [-0.15, -0.1) is 0 Å². The zero-order valence-electron chi connectivity index (χ0n) is 13.1. The maximum Gasteiger partial charge on any atom is 0.417 e. The van der Waals surface area contributed by atoms with E-state index >= 15 is 0 Å². The zero-order valence-corrected chi connectivity index (χ0v) is 13.1. The molecule has 0 N–H and O–H groups in total. The van der Waals surface area contributed by atoms with Crippen LogP contribution in [-0.4, -0.2) is 0 Å². The molecule has 0 amide bonds. The Balaban J connectivity index is 2.16. The topological polar surface area (TPSA) is 67.2 Å². The summed E-state index contributed by atoms with van der Waals surface area (Å²) < 4.78 is 64.7. The van der Waals surface area contributed by atoms with Crippen molar-refractivity contribution in [2.75, 3.05) is 0 Å². The lowest BCUT2D eigenvalue weighted by Gasteiger charge is -2.18. The van der Waals surface area contributed by atoms with Crippen LogP contribution in [0.3, 0.4) is 0 Å². The van der Waals surface area contributed by atoms with Crippen LogP contribution in [0.5, 0.6) is 0 Å². The van der Waals surface area contributed by atoms with E-state index in [0.717, 1.165) is 12.1 Å². The Hall–Kier alpha value is -3.19. The molecular weight excluding hydrogens is 354 g/mol. The lowest BCUT2D eigenvalue weighted by molar-refractivity contribution is -0.137. The number of azide groups is 1. The third-order valence-electron chi connectivity index (χ3n) is 3.76. The summed E-state index contributed by atoms with van der Waals surface area (Å²) >= 11 is 0. The standard InChI is InChI=1S/C17H11F4N3O2/c18-14-8-10(12-3-1-2-4-13(12)17(19,20)21)7-11(9-23-24-22)15(14)16-25-5-6-26-16/h1-8,16H,9H2. The van der Waals surface area contributed by atoms with Gasteiger partial charge in [-0.05, 0) is 34.4 Å². The summed E-state index contributed by atoms with van der Waals surface area (Å²) in [6.07, 6.45) is -3.26.